The predicted octanol–water partition coefficient (Wildman–Crippen LogP) is 3.13. The van der Waals surface area contributed by atoms with Gasteiger partial charge in [-0.05, 0) is 40.5 Å². The number of nitrogens with two attached hydrogens (primary N) is 1. The van der Waals surface area contributed by atoms with E-state index in [2.05, 4.69) is 21.1 Å². The molecule has 0 fully saturated rings. The molecule has 0 radical (unpaired) electrons. The standard InChI is InChI=1S/C10H8BrFN2O/c1-5-2-6(10(12)7(11)3-5)8-4-9(13)15-14-8/h2-4H,13H2,1H3. The van der Waals surface area contributed by atoms with Gasteiger partial charge in [0.05, 0.1) is 4.47 Å². The van der Waals surface area contributed by atoms with E-state index in [1.54, 1.807) is 12.1 Å². The Bertz CT molecular complexity index is 510. The molecule has 2 aromatic rings. The fourth-order valence-corrected chi connectivity index (χ4v) is 1.90. The number of aromatic nitrogens is 1. The maximum Gasteiger partial charge on any atom is 0.222 e. The Morgan fingerprint density at radius 2 is 2.13 bits per heavy atom. The Kier molecular flexibility index (Phi) is 2.48. The largest absolute Gasteiger partial charge is 0.368 e. The SMILES string of the molecule is Cc1cc(Br)c(F)c(-c2cc(N)on2)c1. The molecule has 1 aromatic carbocycles. The Balaban J connectivity index is 2.62. The van der Waals surface area contributed by atoms with Gasteiger partial charge in [0.25, 0.3) is 0 Å². The highest BCUT2D eigenvalue weighted by Crippen LogP contribution is 2.29. The second kappa shape index (κ2) is 3.66. The molecule has 5 heteroatoms. The molecule has 0 atom stereocenters. The van der Waals surface area contributed by atoms with Gasteiger partial charge in [0.2, 0.25) is 5.88 Å². The summed E-state index contributed by atoms with van der Waals surface area (Å²) in [7, 11) is 0. The molecule has 0 aliphatic heterocycles. The van der Waals surface area contributed by atoms with Crippen molar-refractivity contribution in [3.05, 3.63) is 34.1 Å². The monoisotopic (exact) mass is 270 g/mol. The van der Waals surface area contributed by atoms with E-state index in [0.717, 1.165) is 5.56 Å². The lowest BCUT2D eigenvalue weighted by Gasteiger charge is -2.02. The summed E-state index contributed by atoms with van der Waals surface area (Å²) in [6, 6.07) is 4.88. The van der Waals surface area contributed by atoms with Crippen molar-refractivity contribution in [2.75, 3.05) is 5.73 Å². The van der Waals surface area contributed by atoms with Crippen LogP contribution in [0.1, 0.15) is 5.56 Å². The molecule has 0 amide bonds. The summed E-state index contributed by atoms with van der Waals surface area (Å²) >= 11 is 3.14. The first-order valence-electron chi connectivity index (χ1n) is 4.26. The third kappa shape index (κ3) is 1.87. The summed E-state index contributed by atoms with van der Waals surface area (Å²) in [4.78, 5) is 0. The van der Waals surface area contributed by atoms with Crippen LogP contribution in [0.15, 0.2) is 27.2 Å². The average Bonchev–Trinajstić information content (AvgIpc) is 2.58. The third-order valence-electron chi connectivity index (χ3n) is 1.98. The summed E-state index contributed by atoms with van der Waals surface area (Å²) in [5.41, 5.74) is 7.08. The Morgan fingerprint density at radius 1 is 1.40 bits per heavy atom. The predicted molar refractivity (Wildman–Crippen MR) is 58.7 cm³/mol. The Labute approximate surface area is 94.2 Å². The van der Waals surface area contributed by atoms with Crippen molar-refractivity contribution in [2.24, 2.45) is 0 Å². The van der Waals surface area contributed by atoms with Gasteiger partial charge in [-0.1, -0.05) is 5.16 Å². The van der Waals surface area contributed by atoms with Crippen LogP contribution in [-0.2, 0) is 0 Å². The first kappa shape index (κ1) is 10.2. The molecule has 0 aliphatic rings. The molecule has 0 spiro atoms. The van der Waals surface area contributed by atoms with Gasteiger partial charge in [0.15, 0.2) is 0 Å². The van der Waals surface area contributed by atoms with Crippen LogP contribution in [-0.4, -0.2) is 5.16 Å². The van der Waals surface area contributed by atoms with Gasteiger partial charge in [-0.2, -0.15) is 0 Å². The van der Waals surface area contributed by atoms with E-state index in [1.807, 2.05) is 6.92 Å². The highest BCUT2D eigenvalue weighted by Gasteiger charge is 2.13. The van der Waals surface area contributed by atoms with E-state index in [9.17, 15) is 4.39 Å². The van der Waals surface area contributed by atoms with E-state index in [0.29, 0.717) is 15.7 Å². The van der Waals surface area contributed by atoms with Crippen molar-refractivity contribution in [3.8, 4) is 11.3 Å². The third-order valence-corrected chi connectivity index (χ3v) is 2.55. The molecule has 1 aromatic heterocycles. The van der Waals surface area contributed by atoms with Crippen LogP contribution in [0.5, 0.6) is 0 Å². The Hall–Kier alpha value is -1.36. The summed E-state index contributed by atoms with van der Waals surface area (Å²) < 4.78 is 18.8. The van der Waals surface area contributed by atoms with Crippen LogP contribution in [0.25, 0.3) is 11.3 Å². The molecule has 0 bridgehead atoms. The van der Waals surface area contributed by atoms with Gasteiger partial charge in [-0.3, -0.25) is 0 Å². The number of halogens is 2. The number of anilines is 1. The molecule has 0 saturated carbocycles. The molecule has 15 heavy (non-hydrogen) atoms. The second-order valence-corrected chi connectivity index (χ2v) is 4.08. The molecule has 0 aliphatic carbocycles. The molecule has 78 valence electrons. The minimum absolute atomic E-state index is 0.169. The smallest absolute Gasteiger partial charge is 0.222 e. The lowest BCUT2D eigenvalue weighted by molar-refractivity contribution is 0.438. The topological polar surface area (TPSA) is 52.0 Å². The van der Waals surface area contributed by atoms with Crippen LogP contribution >= 0.6 is 15.9 Å². The maximum atomic E-state index is 13.7. The molecular formula is C10H8BrFN2O. The average molecular weight is 271 g/mol. The fraction of sp³-hybridized carbons (Fsp3) is 0.100. The summed E-state index contributed by atoms with van der Waals surface area (Å²) in [6.07, 6.45) is 0. The van der Waals surface area contributed by atoms with E-state index < -0.39 is 0 Å². The summed E-state index contributed by atoms with van der Waals surface area (Å²) in [5.74, 6) is -0.198. The molecule has 0 unspecified atom stereocenters. The van der Waals surface area contributed by atoms with Crippen LogP contribution in [0.4, 0.5) is 10.3 Å². The van der Waals surface area contributed by atoms with Crippen molar-refractivity contribution in [3.63, 3.8) is 0 Å². The molecule has 2 rings (SSSR count). The van der Waals surface area contributed by atoms with Crippen LogP contribution in [0.2, 0.25) is 0 Å². The molecule has 2 N–H and O–H groups in total. The highest BCUT2D eigenvalue weighted by molar-refractivity contribution is 9.10. The first-order chi connectivity index (χ1) is 7.08. The van der Waals surface area contributed by atoms with E-state index in [4.69, 9.17) is 10.3 Å². The van der Waals surface area contributed by atoms with Gasteiger partial charge >= 0.3 is 0 Å². The normalized spacial score (nSPS) is 10.6. The van der Waals surface area contributed by atoms with Gasteiger partial charge in [-0.25, -0.2) is 4.39 Å². The minimum atomic E-state index is -0.367. The van der Waals surface area contributed by atoms with Gasteiger partial charge < -0.3 is 10.3 Å². The number of hydrogen-bond acceptors (Lipinski definition) is 3. The summed E-state index contributed by atoms with van der Waals surface area (Å²) in [5, 5.41) is 3.67. The first-order valence-corrected chi connectivity index (χ1v) is 5.05. The number of benzene rings is 1. The number of nitrogen functional groups attached to an aromatic ring is 1. The van der Waals surface area contributed by atoms with Crippen molar-refractivity contribution in [1.82, 2.24) is 5.16 Å². The van der Waals surface area contributed by atoms with Crippen LogP contribution < -0.4 is 5.73 Å². The van der Waals surface area contributed by atoms with E-state index in [1.165, 1.54) is 6.07 Å². The number of nitrogens with zero attached hydrogens (tertiary/aromatic N) is 1. The number of hydrogen-bond donors (Lipinski definition) is 1. The molecule has 3 nitrogen and oxygen atoms in total. The molecule has 1 heterocycles. The minimum Gasteiger partial charge on any atom is -0.368 e. The zero-order valence-corrected chi connectivity index (χ0v) is 9.51. The van der Waals surface area contributed by atoms with Crippen molar-refractivity contribution in [1.29, 1.82) is 0 Å². The van der Waals surface area contributed by atoms with Crippen LogP contribution in [0.3, 0.4) is 0 Å². The highest BCUT2D eigenvalue weighted by atomic mass is 79.9. The quantitative estimate of drug-likeness (QED) is 0.866. The van der Waals surface area contributed by atoms with E-state index in [-0.39, 0.29) is 11.7 Å². The van der Waals surface area contributed by atoms with Crippen LogP contribution in [0, 0.1) is 12.7 Å². The van der Waals surface area contributed by atoms with Crippen molar-refractivity contribution < 1.29 is 8.91 Å². The molecular weight excluding hydrogens is 263 g/mol. The van der Waals surface area contributed by atoms with Crippen molar-refractivity contribution >= 4 is 21.8 Å². The van der Waals surface area contributed by atoms with Gasteiger partial charge in [-0.15, -0.1) is 0 Å². The number of rotatable bonds is 1. The molecule has 0 saturated heterocycles. The van der Waals surface area contributed by atoms with E-state index >= 15 is 0 Å². The van der Waals surface area contributed by atoms with Gasteiger partial charge in [0.1, 0.15) is 11.5 Å². The van der Waals surface area contributed by atoms with Gasteiger partial charge in [0, 0.05) is 11.6 Å². The lowest BCUT2D eigenvalue weighted by atomic mass is 10.1. The Morgan fingerprint density at radius 3 is 2.73 bits per heavy atom. The fourth-order valence-electron chi connectivity index (χ4n) is 1.33. The zero-order valence-electron chi connectivity index (χ0n) is 7.92. The maximum absolute atomic E-state index is 13.7. The zero-order chi connectivity index (χ0) is 11.0. The van der Waals surface area contributed by atoms with Crippen molar-refractivity contribution in [2.45, 2.75) is 6.92 Å². The summed E-state index contributed by atoms with van der Waals surface area (Å²) in [6.45, 7) is 1.87. The number of aryl methyl sites for hydroxylation is 1. The second-order valence-electron chi connectivity index (χ2n) is 3.22. The lowest BCUT2D eigenvalue weighted by Crippen LogP contribution is -1.88.